The lowest BCUT2D eigenvalue weighted by Gasteiger charge is -2.44. The quantitative estimate of drug-likeness (QED) is 0.0634. The van der Waals surface area contributed by atoms with Gasteiger partial charge in [0.05, 0.1) is 6.10 Å². The van der Waals surface area contributed by atoms with Gasteiger partial charge in [0.2, 0.25) is 0 Å². The molecule has 0 saturated heterocycles. The molecular formula is C37H51BrO3Si. The Morgan fingerprint density at radius 2 is 1.57 bits per heavy atom. The Labute approximate surface area is 264 Å². The van der Waals surface area contributed by atoms with Crippen LogP contribution in [0.1, 0.15) is 86.0 Å². The van der Waals surface area contributed by atoms with E-state index in [0.29, 0.717) is 6.42 Å². The molecule has 2 aromatic carbocycles. The fraction of sp³-hybridized carbons (Fsp3) is 0.486. The molecule has 2 aromatic rings. The van der Waals surface area contributed by atoms with Gasteiger partial charge in [-0.3, -0.25) is 4.79 Å². The first-order valence-corrected chi connectivity index (χ1v) is 18.8. The molecule has 5 heteroatoms. The van der Waals surface area contributed by atoms with Gasteiger partial charge in [-0.15, -0.1) is 0 Å². The number of ether oxygens (including phenoxy) is 1. The van der Waals surface area contributed by atoms with Crippen LogP contribution in [-0.4, -0.2) is 31.8 Å². The maximum atomic E-state index is 12.4. The van der Waals surface area contributed by atoms with Gasteiger partial charge in [0.15, 0.2) is 0 Å². The van der Waals surface area contributed by atoms with E-state index in [9.17, 15) is 4.79 Å². The van der Waals surface area contributed by atoms with Crippen LogP contribution in [0.5, 0.6) is 0 Å². The third-order valence-electron chi connectivity index (χ3n) is 8.24. The zero-order valence-electron chi connectivity index (χ0n) is 26.4. The first kappa shape index (κ1) is 34.3. The van der Waals surface area contributed by atoms with Gasteiger partial charge in [0.25, 0.3) is 8.32 Å². The van der Waals surface area contributed by atoms with E-state index in [-0.39, 0.29) is 34.5 Å². The summed E-state index contributed by atoms with van der Waals surface area (Å²) in [6.07, 6.45) is 20.0. The minimum Gasteiger partial charge on any atom is -0.461 e. The number of esters is 1. The fourth-order valence-corrected chi connectivity index (χ4v) is 10.9. The van der Waals surface area contributed by atoms with Gasteiger partial charge in [-0.25, -0.2) is 0 Å². The number of carbonyl (C=O) groups is 1. The molecule has 0 heterocycles. The third kappa shape index (κ3) is 9.65. The van der Waals surface area contributed by atoms with E-state index in [1.807, 2.05) is 0 Å². The molecule has 0 spiro atoms. The Morgan fingerprint density at radius 3 is 2.14 bits per heavy atom. The van der Waals surface area contributed by atoms with Crippen molar-refractivity contribution in [2.45, 2.75) is 103 Å². The number of hydrogen-bond acceptors (Lipinski definition) is 3. The molecule has 0 amide bonds. The third-order valence-corrected chi connectivity index (χ3v) is 13.8. The van der Waals surface area contributed by atoms with Crippen LogP contribution in [0.2, 0.25) is 5.04 Å². The second kappa shape index (κ2) is 17.2. The Balaban J connectivity index is 1.81. The summed E-state index contributed by atoms with van der Waals surface area (Å²) in [5.41, 5.74) is 1.19. The van der Waals surface area contributed by atoms with E-state index in [0.717, 1.165) is 12.8 Å². The largest absolute Gasteiger partial charge is 0.461 e. The van der Waals surface area contributed by atoms with Crippen molar-refractivity contribution in [1.29, 1.82) is 0 Å². The summed E-state index contributed by atoms with van der Waals surface area (Å²) in [4.78, 5) is 12.4. The van der Waals surface area contributed by atoms with E-state index in [4.69, 9.17) is 9.16 Å². The van der Waals surface area contributed by atoms with E-state index >= 15 is 0 Å². The van der Waals surface area contributed by atoms with Crippen LogP contribution in [-0.2, 0) is 14.0 Å². The topological polar surface area (TPSA) is 35.5 Å². The molecule has 0 radical (unpaired) electrons. The van der Waals surface area contributed by atoms with Crippen molar-refractivity contribution >= 4 is 40.6 Å². The molecule has 0 bridgehead atoms. The molecular weight excluding hydrogens is 600 g/mol. The molecule has 0 N–H and O–H groups in total. The van der Waals surface area contributed by atoms with Crippen LogP contribution in [0, 0.1) is 5.92 Å². The molecule has 1 aliphatic rings. The second-order valence-electron chi connectivity index (χ2n) is 12.6. The van der Waals surface area contributed by atoms with Crippen molar-refractivity contribution in [2.75, 3.05) is 5.33 Å². The van der Waals surface area contributed by atoms with Gasteiger partial charge in [0.1, 0.15) is 11.4 Å². The van der Waals surface area contributed by atoms with Gasteiger partial charge in [0, 0.05) is 12.3 Å². The lowest BCUT2D eigenvalue weighted by atomic mass is 10.0. The van der Waals surface area contributed by atoms with Gasteiger partial charge in [-0.2, -0.15) is 0 Å². The number of unbranched alkanes of at least 4 members (excludes halogenated alkanes) is 5. The highest BCUT2D eigenvalue weighted by molar-refractivity contribution is 9.09. The average molecular weight is 652 g/mol. The van der Waals surface area contributed by atoms with Gasteiger partial charge in [-0.1, -0.05) is 166 Å². The number of alkyl halides is 1. The Morgan fingerprint density at radius 1 is 0.952 bits per heavy atom. The standard InChI is InChI=1S/C37H51BrO3Si/c1-6-7-8-9-10-11-12-15-20-30(2)25-26-31-27-32(28-35(31)40-36(39)29-38)41-42(37(3,4)5,33-21-16-13-17-22-33)34-23-18-14-19-24-34/h12-26,31-32,35H,6-11,27-29H2,1-5H3/b15-12+,26-25+,30-20+/t31-,32+,35-/m0/s1. The fourth-order valence-electron chi connectivity index (χ4n) is 6.07. The highest BCUT2D eigenvalue weighted by Gasteiger charge is 2.53. The molecule has 1 aliphatic carbocycles. The zero-order valence-corrected chi connectivity index (χ0v) is 28.9. The van der Waals surface area contributed by atoms with Gasteiger partial charge in [-0.05, 0) is 41.6 Å². The zero-order chi connectivity index (χ0) is 30.4. The summed E-state index contributed by atoms with van der Waals surface area (Å²) in [6.45, 7) is 11.3. The normalized spacial score (nSPS) is 20.0. The summed E-state index contributed by atoms with van der Waals surface area (Å²) in [7, 11) is -2.70. The number of hydrogen-bond donors (Lipinski definition) is 0. The predicted octanol–water partition coefficient (Wildman–Crippen LogP) is 9.07. The van der Waals surface area contributed by atoms with E-state index in [2.05, 4.69) is 142 Å². The van der Waals surface area contributed by atoms with Crippen LogP contribution in [0.15, 0.2) is 96.6 Å². The Bertz CT molecular complexity index is 1130. The smallest absolute Gasteiger partial charge is 0.316 e. The molecule has 0 aromatic heterocycles. The SMILES string of the molecule is CCCCCCC/C=C/C=C(C)/C=C/[C@H]1C[C@@H](O[Si](c2ccccc2)(c2ccccc2)C(C)(C)C)C[C@@H]1OC(=O)CBr. The first-order chi connectivity index (χ1) is 20.2. The highest BCUT2D eigenvalue weighted by atomic mass is 79.9. The number of allylic oxidation sites excluding steroid dienone is 5. The summed E-state index contributed by atoms with van der Waals surface area (Å²) >= 11 is 3.28. The molecule has 3 rings (SSSR count). The van der Waals surface area contributed by atoms with Crippen molar-refractivity contribution in [1.82, 2.24) is 0 Å². The molecule has 1 fully saturated rings. The molecule has 3 atom stereocenters. The molecule has 0 unspecified atom stereocenters. The minimum atomic E-state index is -2.70. The number of rotatable bonds is 15. The summed E-state index contributed by atoms with van der Waals surface area (Å²) < 4.78 is 13.4. The van der Waals surface area contributed by atoms with E-state index in [1.165, 1.54) is 48.1 Å². The first-order valence-electron chi connectivity index (χ1n) is 15.8. The number of carbonyl (C=O) groups excluding carboxylic acids is 1. The van der Waals surface area contributed by atoms with Crippen molar-refractivity contribution in [3.05, 3.63) is 96.6 Å². The Kier molecular flexibility index (Phi) is 14.0. The highest BCUT2D eigenvalue weighted by Crippen LogP contribution is 2.41. The predicted molar refractivity (Wildman–Crippen MR) is 184 cm³/mol. The van der Waals surface area contributed by atoms with Gasteiger partial charge < -0.3 is 9.16 Å². The van der Waals surface area contributed by atoms with E-state index in [1.54, 1.807) is 0 Å². The Hall–Kier alpha value is -2.21. The molecule has 3 nitrogen and oxygen atoms in total. The van der Waals surface area contributed by atoms with E-state index < -0.39 is 8.32 Å². The average Bonchev–Trinajstić information content (AvgIpc) is 3.36. The number of halogens is 1. The van der Waals surface area contributed by atoms with Crippen molar-refractivity contribution in [3.8, 4) is 0 Å². The second-order valence-corrected chi connectivity index (χ2v) is 17.4. The summed E-state index contributed by atoms with van der Waals surface area (Å²) in [5.74, 6) is -0.124. The van der Waals surface area contributed by atoms with Gasteiger partial charge >= 0.3 is 5.97 Å². The number of benzene rings is 2. The van der Waals surface area contributed by atoms with Crippen LogP contribution < -0.4 is 10.4 Å². The van der Waals surface area contributed by atoms with Crippen LogP contribution in [0.25, 0.3) is 0 Å². The van der Waals surface area contributed by atoms with Crippen LogP contribution in [0.4, 0.5) is 0 Å². The van der Waals surface area contributed by atoms with Crippen LogP contribution in [0.3, 0.4) is 0 Å². The van der Waals surface area contributed by atoms with Crippen molar-refractivity contribution in [2.24, 2.45) is 5.92 Å². The van der Waals surface area contributed by atoms with Crippen molar-refractivity contribution < 1.29 is 14.0 Å². The lowest BCUT2D eigenvalue weighted by Crippen LogP contribution is -2.67. The molecule has 228 valence electrons. The minimum absolute atomic E-state index is 0.0176. The lowest BCUT2D eigenvalue weighted by molar-refractivity contribution is -0.146. The maximum absolute atomic E-state index is 12.4. The molecule has 1 saturated carbocycles. The maximum Gasteiger partial charge on any atom is 0.316 e. The summed E-state index contributed by atoms with van der Waals surface area (Å²) in [5, 5.41) is 2.63. The monoisotopic (exact) mass is 650 g/mol. The van der Waals surface area contributed by atoms with Crippen molar-refractivity contribution in [3.63, 3.8) is 0 Å². The molecule has 0 aliphatic heterocycles. The molecule has 42 heavy (non-hydrogen) atoms. The van der Waals surface area contributed by atoms with Crippen LogP contribution >= 0.6 is 15.9 Å². The summed E-state index contributed by atoms with van der Waals surface area (Å²) in [6, 6.07) is 21.5.